The van der Waals surface area contributed by atoms with E-state index in [1.54, 1.807) is 16.4 Å². The molecule has 1 aliphatic heterocycles. The van der Waals surface area contributed by atoms with Gasteiger partial charge in [0, 0.05) is 32.2 Å². The van der Waals surface area contributed by atoms with Crippen LogP contribution in [0.5, 0.6) is 0 Å². The van der Waals surface area contributed by atoms with Crippen LogP contribution in [0, 0.1) is 6.92 Å². The standard InChI is InChI=1S/C18H25N3O3S/c1-3-16-5-7-18(8-6-16)25(22,23)21-10-4-9-20(11-12-21)14-17-13-15(2)24-19-17/h5-8,13H,3-4,9-12,14H2,1-2H3. The first-order valence-electron chi connectivity index (χ1n) is 8.72. The highest BCUT2D eigenvalue weighted by atomic mass is 32.2. The summed E-state index contributed by atoms with van der Waals surface area (Å²) in [6.07, 6.45) is 1.71. The van der Waals surface area contributed by atoms with Gasteiger partial charge in [-0.3, -0.25) is 4.90 Å². The van der Waals surface area contributed by atoms with Gasteiger partial charge in [0.1, 0.15) is 5.76 Å². The Labute approximate surface area is 149 Å². The third-order valence-corrected chi connectivity index (χ3v) is 6.49. The second-order valence-electron chi connectivity index (χ2n) is 6.46. The summed E-state index contributed by atoms with van der Waals surface area (Å²) in [5.74, 6) is 0.796. The highest BCUT2D eigenvalue weighted by molar-refractivity contribution is 7.89. The van der Waals surface area contributed by atoms with Crippen LogP contribution in [0.15, 0.2) is 39.8 Å². The smallest absolute Gasteiger partial charge is 0.243 e. The normalized spacial score (nSPS) is 17.5. The predicted molar refractivity (Wildman–Crippen MR) is 95.7 cm³/mol. The molecule has 1 aliphatic rings. The summed E-state index contributed by atoms with van der Waals surface area (Å²) in [4.78, 5) is 2.61. The van der Waals surface area contributed by atoms with Crippen LogP contribution in [0.2, 0.25) is 0 Å². The lowest BCUT2D eigenvalue weighted by atomic mass is 10.2. The molecule has 0 unspecified atom stereocenters. The van der Waals surface area contributed by atoms with Crippen molar-refractivity contribution in [2.45, 2.75) is 38.1 Å². The lowest BCUT2D eigenvalue weighted by molar-refractivity contribution is 0.268. The van der Waals surface area contributed by atoms with Gasteiger partial charge in [0.15, 0.2) is 0 Å². The first-order chi connectivity index (χ1) is 12.0. The van der Waals surface area contributed by atoms with Crippen LogP contribution in [0.4, 0.5) is 0 Å². The largest absolute Gasteiger partial charge is 0.361 e. The predicted octanol–water partition coefficient (Wildman–Crippen LogP) is 2.44. The average Bonchev–Trinajstić information content (AvgIpc) is 2.87. The molecular weight excluding hydrogens is 338 g/mol. The molecule has 0 bridgehead atoms. The van der Waals surface area contributed by atoms with Crippen LogP contribution in [0.3, 0.4) is 0 Å². The van der Waals surface area contributed by atoms with E-state index in [0.29, 0.717) is 31.1 Å². The molecule has 1 fully saturated rings. The van der Waals surface area contributed by atoms with Crippen LogP contribution >= 0.6 is 0 Å². The lowest BCUT2D eigenvalue weighted by Crippen LogP contribution is -2.35. The minimum absolute atomic E-state index is 0.380. The molecule has 3 rings (SSSR count). The van der Waals surface area contributed by atoms with E-state index in [1.165, 1.54) is 0 Å². The fourth-order valence-corrected chi connectivity index (χ4v) is 4.58. The van der Waals surface area contributed by atoms with Gasteiger partial charge < -0.3 is 4.52 Å². The van der Waals surface area contributed by atoms with E-state index in [4.69, 9.17) is 4.52 Å². The number of hydrogen-bond acceptors (Lipinski definition) is 5. The van der Waals surface area contributed by atoms with Gasteiger partial charge in [0.2, 0.25) is 10.0 Å². The van der Waals surface area contributed by atoms with Gasteiger partial charge in [-0.2, -0.15) is 4.31 Å². The molecule has 2 heterocycles. The summed E-state index contributed by atoms with van der Waals surface area (Å²) in [5, 5.41) is 4.02. The molecule has 0 atom stereocenters. The van der Waals surface area contributed by atoms with Crippen LogP contribution < -0.4 is 0 Å². The average molecular weight is 363 g/mol. The van der Waals surface area contributed by atoms with Crippen LogP contribution in [-0.2, 0) is 23.0 Å². The molecule has 136 valence electrons. The number of rotatable bonds is 5. The number of aryl methyl sites for hydroxylation is 2. The molecule has 0 spiro atoms. The summed E-state index contributed by atoms with van der Waals surface area (Å²) < 4.78 is 32.5. The summed E-state index contributed by atoms with van der Waals surface area (Å²) in [6, 6.07) is 9.15. The fraction of sp³-hybridized carbons (Fsp3) is 0.500. The van der Waals surface area contributed by atoms with Crippen molar-refractivity contribution in [3.63, 3.8) is 0 Å². The molecule has 2 aromatic rings. The van der Waals surface area contributed by atoms with E-state index in [1.807, 2.05) is 25.1 Å². The number of benzene rings is 1. The first-order valence-corrected chi connectivity index (χ1v) is 10.2. The van der Waals surface area contributed by atoms with Crippen LogP contribution in [0.25, 0.3) is 0 Å². The molecule has 7 heteroatoms. The Hall–Kier alpha value is -1.70. The van der Waals surface area contributed by atoms with Gasteiger partial charge in [-0.25, -0.2) is 8.42 Å². The molecular formula is C18H25N3O3S. The summed E-state index contributed by atoms with van der Waals surface area (Å²) in [6.45, 7) is 7.21. The molecule has 1 saturated heterocycles. The minimum Gasteiger partial charge on any atom is -0.361 e. The SMILES string of the molecule is CCc1ccc(S(=O)(=O)N2CCCN(Cc3cc(C)on3)CC2)cc1. The summed E-state index contributed by atoms with van der Waals surface area (Å²) in [5.41, 5.74) is 2.04. The van der Waals surface area contributed by atoms with Crippen molar-refractivity contribution in [1.29, 1.82) is 0 Å². The van der Waals surface area contributed by atoms with E-state index >= 15 is 0 Å². The van der Waals surface area contributed by atoms with E-state index in [9.17, 15) is 8.42 Å². The Kier molecular flexibility index (Phi) is 5.56. The van der Waals surface area contributed by atoms with Crippen molar-refractivity contribution >= 4 is 10.0 Å². The van der Waals surface area contributed by atoms with Crippen molar-refractivity contribution in [2.75, 3.05) is 26.2 Å². The third-order valence-electron chi connectivity index (χ3n) is 4.58. The number of hydrogen-bond donors (Lipinski definition) is 0. The topological polar surface area (TPSA) is 66.7 Å². The monoisotopic (exact) mass is 363 g/mol. The second-order valence-corrected chi connectivity index (χ2v) is 8.40. The molecule has 1 aromatic heterocycles. The van der Waals surface area contributed by atoms with Gasteiger partial charge >= 0.3 is 0 Å². The first kappa shape index (κ1) is 18.1. The van der Waals surface area contributed by atoms with E-state index in [2.05, 4.69) is 17.0 Å². The van der Waals surface area contributed by atoms with Gasteiger partial charge in [0.25, 0.3) is 0 Å². The van der Waals surface area contributed by atoms with Crippen molar-refractivity contribution in [1.82, 2.24) is 14.4 Å². The molecule has 1 aromatic carbocycles. The third kappa shape index (κ3) is 4.29. The van der Waals surface area contributed by atoms with Crippen molar-refractivity contribution in [3.8, 4) is 0 Å². The quantitative estimate of drug-likeness (QED) is 0.816. The Morgan fingerprint density at radius 3 is 2.52 bits per heavy atom. The zero-order valence-electron chi connectivity index (χ0n) is 14.8. The zero-order valence-corrected chi connectivity index (χ0v) is 15.6. The molecule has 25 heavy (non-hydrogen) atoms. The van der Waals surface area contributed by atoms with Crippen molar-refractivity contribution < 1.29 is 12.9 Å². The number of aromatic nitrogens is 1. The van der Waals surface area contributed by atoms with E-state index in [0.717, 1.165) is 36.4 Å². The Morgan fingerprint density at radius 2 is 1.88 bits per heavy atom. The maximum Gasteiger partial charge on any atom is 0.243 e. The molecule has 0 aliphatic carbocycles. The Morgan fingerprint density at radius 1 is 1.12 bits per heavy atom. The van der Waals surface area contributed by atoms with E-state index < -0.39 is 10.0 Å². The van der Waals surface area contributed by atoms with Crippen molar-refractivity contribution in [3.05, 3.63) is 47.3 Å². The lowest BCUT2D eigenvalue weighted by Gasteiger charge is -2.21. The highest BCUT2D eigenvalue weighted by Crippen LogP contribution is 2.19. The summed E-state index contributed by atoms with van der Waals surface area (Å²) >= 11 is 0. The van der Waals surface area contributed by atoms with Gasteiger partial charge in [-0.1, -0.05) is 24.2 Å². The molecule has 0 radical (unpaired) electrons. The highest BCUT2D eigenvalue weighted by Gasteiger charge is 2.27. The zero-order chi connectivity index (χ0) is 17.9. The maximum atomic E-state index is 12.9. The van der Waals surface area contributed by atoms with Gasteiger partial charge in [0.05, 0.1) is 10.6 Å². The Bertz CT molecular complexity index is 799. The molecule has 0 N–H and O–H groups in total. The minimum atomic E-state index is -3.43. The van der Waals surface area contributed by atoms with Crippen LogP contribution in [0.1, 0.15) is 30.4 Å². The Balaban J connectivity index is 1.66. The van der Waals surface area contributed by atoms with Crippen molar-refractivity contribution in [2.24, 2.45) is 0 Å². The van der Waals surface area contributed by atoms with Gasteiger partial charge in [-0.15, -0.1) is 0 Å². The number of sulfonamides is 1. The molecule has 0 amide bonds. The van der Waals surface area contributed by atoms with Crippen LogP contribution in [-0.4, -0.2) is 49.0 Å². The molecule has 0 saturated carbocycles. The fourth-order valence-electron chi connectivity index (χ4n) is 3.11. The number of nitrogens with zero attached hydrogens (tertiary/aromatic N) is 3. The molecule has 6 nitrogen and oxygen atoms in total. The van der Waals surface area contributed by atoms with E-state index in [-0.39, 0.29) is 0 Å². The summed E-state index contributed by atoms with van der Waals surface area (Å²) in [7, 11) is -3.43. The maximum absolute atomic E-state index is 12.9. The van der Waals surface area contributed by atoms with Gasteiger partial charge in [-0.05, 0) is 44.0 Å². The second kappa shape index (κ2) is 7.68.